The summed E-state index contributed by atoms with van der Waals surface area (Å²) in [6, 6.07) is 2.08. The molecule has 1 rings (SSSR count). The molecule has 90 valence electrons. The van der Waals surface area contributed by atoms with Crippen molar-refractivity contribution >= 4 is 17.7 Å². The number of hydrogen-bond acceptors (Lipinski definition) is 3. The van der Waals surface area contributed by atoms with Crippen LogP contribution in [0.25, 0.3) is 0 Å². The largest absolute Gasteiger partial charge is 0.481 e. The topological polar surface area (TPSA) is 55.1 Å². The van der Waals surface area contributed by atoms with Gasteiger partial charge in [0.25, 0.3) is 0 Å². The zero-order chi connectivity index (χ0) is 12.1. The van der Waals surface area contributed by atoms with E-state index >= 15 is 0 Å². The molecular weight excluding hydrogens is 224 g/mol. The van der Waals surface area contributed by atoms with E-state index in [0.717, 1.165) is 23.6 Å². The quantitative estimate of drug-likeness (QED) is 0.828. The standard InChI is InChI=1S/C11H18N2O2S/c1-4-9-5-10(13(3)12-9)7-16-6-8(2)11(14)15/h5,8H,4,6-7H2,1-3H3,(H,14,15). The molecule has 0 amide bonds. The lowest BCUT2D eigenvalue weighted by molar-refractivity contribution is -0.140. The number of hydrogen-bond donors (Lipinski definition) is 1. The van der Waals surface area contributed by atoms with Gasteiger partial charge in [-0.2, -0.15) is 16.9 Å². The first-order valence-electron chi connectivity index (χ1n) is 5.37. The van der Waals surface area contributed by atoms with Crippen LogP contribution in [-0.4, -0.2) is 26.6 Å². The maximum atomic E-state index is 10.6. The second kappa shape index (κ2) is 5.94. The van der Waals surface area contributed by atoms with E-state index in [1.165, 1.54) is 0 Å². The van der Waals surface area contributed by atoms with Crippen LogP contribution >= 0.6 is 11.8 Å². The third kappa shape index (κ3) is 3.56. The summed E-state index contributed by atoms with van der Waals surface area (Å²) in [4.78, 5) is 10.6. The second-order valence-corrected chi connectivity index (χ2v) is 4.89. The Morgan fingerprint density at radius 3 is 2.88 bits per heavy atom. The minimum atomic E-state index is -0.730. The monoisotopic (exact) mass is 242 g/mol. The average Bonchev–Trinajstić information content (AvgIpc) is 2.59. The minimum absolute atomic E-state index is 0.288. The van der Waals surface area contributed by atoms with Crippen molar-refractivity contribution in [1.29, 1.82) is 0 Å². The van der Waals surface area contributed by atoms with E-state index in [0.29, 0.717) is 5.75 Å². The van der Waals surface area contributed by atoms with Gasteiger partial charge in [-0.3, -0.25) is 9.48 Å². The zero-order valence-corrected chi connectivity index (χ0v) is 10.8. The summed E-state index contributed by atoms with van der Waals surface area (Å²) < 4.78 is 1.87. The smallest absolute Gasteiger partial charge is 0.307 e. The summed E-state index contributed by atoms with van der Waals surface area (Å²) in [5.74, 6) is 0.443. The molecule has 0 aliphatic heterocycles. The fraction of sp³-hybridized carbons (Fsp3) is 0.636. The number of carboxylic acid groups (broad SMARTS) is 1. The molecule has 1 aromatic heterocycles. The Bertz CT molecular complexity index is 363. The van der Waals surface area contributed by atoms with E-state index in [2.05, 4.69) is 18.1 Å². The predicted molar refractivity (Wildman–Crippen MR) is 65.5 cm³/mol. The molecule has 1 aromatic rings. The Hall–Kier alpha value is -0.970. The van der Waals surface area contributed by atoms with Crippen LogP contribution in [0.5, 0.6) is 0 Å². The van der Waals surface area contributed by atoms with Crippen molar-refractivity contribution in [1.82, 2.24) is 9.78 Å². The first-order valence-corrected chi connectivity index (χ1v) is 6.52. The molecule has 0 aliphatic rings. The van der Waals surface area contributed by atoms with Crippen molar-refractivity contribution in [3.8, 4) is 0 Å². The van der Waals surface area contributed by atoms with Gasteiger partial charge in [0.15, 0.2) is 0 Å². The Balaban J connectivity index is 2.42. The Labute approximate surface area is 100 Å². The molecule has 0 bridgehead atoms. The number of rotatable bonds is 6. The van der Waals surface area contributed by atoms with E-state index in [9.17, 15) is 4.79 Å². The molecule has 16 heavy (non-hydrogen) atoms. The molecule has 0 aliphatic carbocycles. The van der Waals surface area contributed by atoms with Crippen LogP contribution < -0.4 is 0 Å². The van der Waals surface area contributed by atoms with Gasteiger partial charge in [0.1, 0.15) is 0 Å². The highest BCUT2D eigenvalue weighted by molar-refractivity contribution is 7.98. The van der Waals surface area contributed by atoms with Crippen LogP contribution in [-0.2, 0) is 24.0 Å². The summed E-state index contributed by atoms with van der Waals surface area (Å²) in [5.41, 5.74) is 2.24. The molecule has 0 radical (unpaired) electrons. The molecular formula is C11H18N2O2S. The fourth-order valence-corrected chi connectivity index (χ4v) is 2.38. The number of aryl methyl sites for hydroxylation is 2. The molecule has 0 fully saturated rings. The Morgan fingerprint density at radius 2 is 2.38 bits per heavy atom. The zero-order valence-electron chi connectivity index (χ0n) is 9.93. The van der Waals surface area contributed by atoms with Gasteiger partial charge in [0, 0.05) is 24.2 Å². The third-order valence-corrected chi connectivity index (χ3v) is 3.66. The molecule has 1 N–H and O–H groups in total. The average molecular weight is 242 g/mol. The van der Waals surface area contributed by atoms with Gasteiger partial charge in [-0.05, 0) is 12.5 Å². The SMILES string of the molecule is CCc1cc(CSCC(C)C(=O)O)n(C)n1. The number of nitrogens with zero attached hydrogens (tertiary/aromatic N) is 2. The summed E-state index contributed by atoms with van der Waals surface area (Å²) in [5, 5.41) is 13.1. The summed E-state index contributed by atoms with van der Waals surface area (Å²) in [7, 11) is 1.93. The van der Waals surface area contributed by atoms with Crippen LogP contribution in [0.4, 0.5) is 0 Å². The van der Waals surface area contributed by atoms with Gasteiger partial charge in [0.05, 0.1) is 11.6 Å². The van der Waals surface area contributed by atoms with Crippen molar-refractivity contribution in [3.63, 3.8) is 0 Å². The molecule has 1 unspecified atom stereocenters. The Morgan fingerprint density at radius 1 is 1.69 bits per heavy atom. The maximum Gasteiger partial charge on any atom is 0.307 e. The summed E-state index contributed by atoms with van der Waals surface area (Å²) in [6.07, 6.45) is 0.935. The molecule has 0 saturated heterocycles. The van der Waals surface area contributed by atoms with Gasteiger partial charge in [0.2, 0.25) is 0 Å². The lowest BCUT2D eigenvalue weighted by atomic mass is 10.2. The van der Waals surface area contributed by atoms with E-state index in [1.54, 1.807) is 18.7 Å². The number of carboxylic acids is 1. The van der Waals surface area contributed by atoms with Crippen molar-refractivity contribution in [2.75, 3.05) is 5.75 Å². The highest BCUT2D eigenvalue weighted by Gasteiger charge is 2.11. The van der Waals surface area contributed by atoms with Crippen LogP contribution in [0.1, 0.15) is 25.2 Å². The Kier molecular flexibility index (Phi) is 4.86. The van der Waals surface area contributed by atoms with E-state index in [-0.39, 0.29) is 5.92 Å². The molecule has 0 spiro atoms. The van der Waals surface area contributed by atoms with Crippen LogP contribution in [0.15, 0.2) is 6.07 Å². The molecule has 4 nitrogen and oxygen atoms in total. The first-order chi connectivity index (χ1) is 7.54. The van der Waals surface area contributed by atoms with Crippen LogP contribution in [0.3, 0.4) is 0 Å². The molecule has 1 heterocycles. The maximum absolute atomic E-state index is 10.6. The minimum Gasteiger partial charge on any atom is -0.481 e. The van der Waals surface area contributed by atoms with Gasteiger partial charge in [-0.25, -0.2) is 0 Å². The van der Waals surface area contributed by atoms with Crippen molar-refractivity contribution in [2.45, 2.75) is 26.0 Å². The molecule has 5 heteroatoms. The number of thioether (sulfide) groups is 1. The number of aromatic nitrogens is 2. The van der Waals surface area contributed by atoms with Gasteiger partial charge >= 0.3 is 5.97 Å². The fourth-order valence-electron chi connectivity index (χ4n) is 1.29. The summed E-state index contributed by atoms with van der Waals surface area (Å²) in [6.45, 7) is 3.81. The highest BCUT2D eigenvalue weighted by Crippen LogP contribution is 2.16. The van der Waals surface area contributed by atoms with Gasteiger partial charge in [-0.15, -0.1) is 0 Å². The van der Waals surface area contributed by atoms with Crippen LogP contribution in [0, 0.1) is 5.92 Å². The van der Waals surface area contributed by atoms with Crippen molar-refractivity contribution in [2.24, 2.45) is 13.0 Å². The lowest BCUT2D eigenvalue weighted by Gasteiger charge is -2.05. The van der Waals surface area contributed by atoms with Crippen molar-refractivity contribution < 1.29 is 9.90 Å². The highest BCUT2D eigenvalue weighted by atomic mass is 32.2. The van der Waals surface area contributed by atoms with E-state index in [4.69, 9.17) is 5.11 Å². The number of aliphatic carboxylic acids is 1. The predicted octanol–water partition coefficient (Wildman–Crippen LogP) is 1.94. The molecule has 0 saturated carbocycles. The number of carbonyl (C=O) groups is 1. The first kappa shape index (κ1) is 13.1. The second-order valence-electron chi connectivity index (χ2n) is 3.86. The van der Waals surface area contributed by atoms with E-state index < -0.39 is 5.97 Å². The van der Waals surface area contributed by atoms with Crippen LogP contribution in [0.2, 0.25) is 0 Å². The lowest BCUT2D eigenvalue weighted by Crippen LogP contribution is -2.12. The normalized spacial score (nSPS) is 12.7. The summed E-state index contributed by atoms with van der Waals surface area (Å²) >= 11 is 1.64. The van der Waals surface area contributed by atoms with E-state index in [1.807, 2.05) is 11.7 Å². The third-order valence-electron chi connectivity index (χ3n) is 2.43. The molecule has 0 aromatic carbocycles. The van der Waals surface area contributed by atoms with Gasteiger partial charge < -0.3 is 5.11 Å². The van der Waals surface area contributed by atoms with Gasteiger partial charge in [-0.1, -0.05) is 13.8 Å². The van der Waals surface area contributed by atoms with Crippen molar-refractivity contribution in [3.05, 3.63) is 17.5 Å². The molecule has 1 atom stereocenters.